The Labute approximate surface area is 170 Å². The van der Waals surface area contributed by atoms with E-state index in [1.54, 1.807) is 16.8 Å². The number of aromatic amines is 1. The van der Waals surface area contributed by atoms with Crippen LogP contribution in [0, 0.1) is 0 Å². The first kappa shape index (κ1) is 17.6. The smallest absolute Gasteiger partial charge is 0.288 e. The van der Waals surface area contributed by atoms with Gasteiger partial charge in [0.05, 0.1) is 5.69 Å². The third-order valence-electron chi connectivity index (χ3n) is 5.09. The van der Waals surface area contributed by atoms with Gasteiger partial charge in [0.15, 0.2) is 0 Å². The summed E-state index contributed by atoms with van der Waals surface area (Å²) in [4.78, 5) is 12.6. The molecule has 0 radical (unpaired) electrons. The number of rotatable bonds is 3. The highest BCUT2D eigenvalue weighted by molar-refractivity contribution is 6.30. The highest BCUT2D eigenvalue weighted by Gasteiger charge is 2.34. The van der Waals surface area contributed by atoms with Crippen molar-refractivity contribution >= 4 is 23.2 Å². The predicted octanol–water partition coefficient (Wildman–Crippen LogP) is 3.33. The molecular formula is C20H16ClN7O. The SMILES string of the molecule is CCc1ccc(C2c3c(-c4ccc(Cl)cc4)n[nH]c(=O)c3Nc3nnnn32)cc1. The normalized spacial score (nSPS) is 14.8. The third kappa shape index (κ3) is 2.89. The van der Waals surface area contributed by atoms with Crippen molar-refractivity contribution in [2.45, 2.75) is 19.4 Å². The van der Waals surface area contributed by atoms with Gasteiger partial charge in [-0.1, -0.05) is 60.0 Å². The fraction of sp³-hybridized carbons (Fsp3) is 0.150. The minimum Gasteiger partial charge on any atom is -0.318 e. The van der Waals surface area contributed by atoms with Crippen LogP contribution >= 0.6 is 11.6 Å². The van der Waals surface area contributed by atoms with Crippen molar-refractivity contribution in [2.75, 3.05) is 5.32 Å². The Kier molecular flexibility index (Phi) is 4.13. The van der Waals surface area contributed by atoms with Crippen molar-refractivity contribution in [1.29, 1.82) is 0 Å². The van der Waals surface area contributed by atoms with Gasteiger partial charge in [-0.25, -0.2) is 5.10 Å². The Morgan fingerprint density at radius 2 is 1.86 bits per heavy atom. The second-order valence-electron chi connectivity index (χ2n) is 6.77. The van der Waals surface area contributed by atoms with E-state index in [1.165, 1.54) is 5.56 Å². The summed E-state index contributed by atoms with van der Waals surface area (Å²) in [6.45, 7) is 2.11. The lowest BCUT2D eigenvalue weighted by atomic mass is 9.92. The van der Waals surface area contributed by atoms with Crippen molar-refractivity contribution in [3.8, 4) is 11.3 Å². The summed E-state index contributed by atoms with van der Waals surface area (Å²) in [5, 5.41) is 22.6. The first-order valence-corrected chi connectivity index (χ1v) is 9.55. The first-order chi connectivity index (χ1) is 14.2. The van der Waals surface area contributed by atoms with Gasteiger partial charge in [-0.05, 0) is 40.1 Å². The summed E-state index contributed by atoms with van der Waals surface area (Å²) in [5.41, 5.74) is 4.41. The number of fused-ring (bicyclic) bond motifs is 2. The van der Waals surface area contributed by atoms with Gasteiger partial charge in [0.2, 0.25) is 5.95 Å². The fourth-order valence-electron chi connectivity index (χ4n) is 3.61. The lowest BCUT2D eigenvalue weighted by molar-refractivity contribution is 0.567. The standard InChI is InChI=1S/C20H16ClN7O/c1-2-11-3-5-13(6-4-11)18-15-16(12-7-9-14(21)10-8-12)23-24-19(29)17(15)22-20-25-26-27-28(18)20/h3-10,18H,2H2,1H3,(H,24,29)(H,22,25,27). The topological polar surface area (TPSA) is 101 Å². The number of halogens is 1. The van der Waals surface area contributed by atoms with Crippen LogP contribution in [0.5, 0.6) is 0 Å². The molecule has 4 aromatic rings. The lowest BCUT2D eigenvalue weighted by Crippen LogP contribution is -2.29. The number of hydrogen-bond donors (Lipinski definition) is 2. The maximum Gasteiger partial charge on any atom is 0.288 e. The Morgan fingerprint density at radius 1 is 1.10 bits per heavy atom. The number of benzene rings is 2. The molecule has 5 rings (SSSR count). The second-order valence-corrected chi connectivity index (χ2v) is 7.20. The Morgan fingerprint density at radius 3 is 2.59 bits per heavy atom. The Hall–Kier alpha value is -3.52. The summed E-state index contributed by atoms with van der Waals surface area (Å²) < 4.78 is 1.67. The van der Waals surface area contributed by atoms with Gasteiger partial charge in [0.1, 0.15) is 11.7 Å². The van der Waals surface area contributed by atoms with E-state index in [0.717, 1.165) is 17.5 Å². The minimum atomic E-state index is -0.400. The molecule has 0 saturated carbocycles. The Balaban J connectivity index is 1.78. The molecule has 2 aromatic heterocycles. The molecule has 1 unspecified atom stereocenters. The molecule has 2 aromatic carbocycles. The van der Waals surface area contributed by atoms with Crippen LogP contribution in [-0.4, -0.2) is 30.4 Å². The van der Waals surface area contributed by atoms with Crippen molar-refractivity contribution in [2.24, 2.45) is 0 Å². The number of aromatic nitrogens is 6. The molecule has 0 spiro atoms. The van der Waals surface area contributed by atoms with E-state index in [9.17, 15) is 4.79 Å². The highest BCUT2D eigenvalue weighted by atomic mass is 35.5. The monoisotopic (exact) mass is 405 g/mol. The molecule has 1 aliphatic rings. The maximum absolute atomic E-state index is 12.6. The second kappa shape index (κ2) is 6.82. The van der Waals surface area contributed by atoms with Gasteiger partial charge in [0, 0.05) is 16.1 Å². The largest absolute Gasteiger partial charge is 0.318 e. The number of nitrogens with one attached hydrogen (secondary N) is 2. The van der Waals surface area contributed by atoms with E-state index in [2.05, 4.69) is 50.1 Å². The van der Waals surface area contributed by atoms with Gasteiger partial charge in [-0.15, -0.1) is 0 Å². The average Bonchev–Trinajstić information content (AvgIpc) is 3.22. The summed E-state index contributed by atoms with van der Waals surface area (Å²) >= 11 is 6.05. The number of nitrogens with zero attached hydrogens (tertiary/aromatic N) is 5. The highest BCUT2D eigenvalue weighted by Crippen LogP contribution is 2.41. The van der Waals surface area contributed by atoms with E-state index >= 15 is 0 Å². The van der Waals surface area contributed by atoms with E-state index in [0.29, 0.717) is 27.9 Å². The molecule has 144 valence electrons. The number of H-pyrrole nitrogens is 1. The molecule has 0 fully saturated rings. The number of hydrogen-bond acceptors (Lipinski definition) is 6. The summed E-state index contributed by atoms with van der Waals surface area (Å²) in [6, 6.07) is 15.1. The lowest BCUT2D eigenvalue weighted by Gasteiger charge is -2.28. The van der Waals surface area contributed by atoms with Gasteiger partial charge in [-0.2, -0.15) is 9.78 Å². The van der Waals surface area contributed by atoms with Crippen molar-refractivity contribution < 1.29 is 0 Å². The minimum absolute atomic E-state index is 0.331. The fourth-order valence-corrected chi connectivity index (χ4v) is 3.74. The molecular weight excluding hydrogens is 390 g/mol. The van der Waals surface area contributed by atoms with Gasteiger partial charge >= 0.3 is 0 Å². The van der Waals surface area contributed by atoms with E-state index in [1.807, 2.05) is 24.3 Å². The van der Waals surface area contributed by atoms with Gasteiger partial charge in [-0.3, -0.25) is 4.79 Å². The maximum atomic E-state index is 12.6. The van der Waals surface area contributed by atoms with Crippen LogP contribution in [-0.2, 0) is 6.42 Å². The van der Waals surface area contributed by atoms with Crippen LogP contribution < -0.4 is 10.9 Å². The molecule has 0 aliphatic carbocycles. The number of tetrazole rings is 1. The summed E-state index contributed by atoms with van der Waals surface area (Å²) in [5.74, 6) is 0.404. The van der Waals surface area contributed by atoms with Crippen molar-refractivity contribution in [3.63, 3.8) is 0 Å². The Bertz CT molecular complexity index is 1250. The van der Waals surface area contributed by atoms with E-state index < -0.39 is 6.04 Å². The van der Waals surface area contributed by atoms with Crippen LogP contribution in [0.4, 0.5) is 11.6 Å². The molecule has 8 nitrogen and oxygen atoms in total. The van der Waals surface area contributed by atoms with Crippen molar-refractivity contribution in [3.05, 3.63) is 80.6 Å². The summed E-state index contributed by atoms with van der Waals surface area (Å²) in [7, 11) is 0. The summed E-state index contributed by atoms with van der Waals surface area (Å²) in [6.07, 6.45) is 0.941. The average molecular weight is 406 g/mol. The molecule has 0 bridgehead atoms. The number of anilines is 2. The molecule has 1 aliphatic heterocycles. The van der Waals surface area contributed by atoms with Crippen LogP contribution in [0.25, 0.3) is 11.3 Å². The van der Waals surface area contributed by atoms with Gasteiger partial charge < -0.3 is 5.32 Å². The van der Waals surface area contributed by atoms with E-state index in [4.69, 9.17) is 11.6 Å². The van der Waals surface area contributed by atoms with Crippen LogP contribution in [0.1, 0.15) is 29.7 Å². The zero-order chi connectivity index (χ0) is 20.0. The molecule has 29 heavy (non-hydrogen) atoms. The quantitative estimate of drug-likeness (QED) is 0.477. The first-order valence-electron chi connectivity index (χ1n) is 9.18. The zero-order valence-corrected chi connectivity index (χ0v) is 16.2. The predicted molar refractivity (Wildman–Crippen MR) is 109 cm³/mol. The van der Waals surface area contributed by atoms with Crippen LogP contribution in [0.2, 0.25) is 5.02 Å². The van der Waals surface area contributed by atoms with Gasteiger partial charge in [0.25, 0.3) is 5.56 Å². The molecule has 2 N–H and O–H groups in total. The van der Waals surface area contributed by atoms with E-state index in [-0.39, 0.29) is 5.56 Å². The molecule has 0 amide bonds. The third-order valence-corrected chi connectivity index (χ3v) is 5.34. The molecule has 0 saturated heterocycles. The molecule has 1 atom stereocenters. The molecule has 9 heteroatoms. The zero-order valence-electron chi connectivity index (χ0n) is 15.4. The van der Waals surface area contributed by atoms with Crippen LogP contribution in [0.3, 0.4) is 0 Å². The number of aryl methyl sites for hydroxylation is 1. The molecule has 3 heterocycles. The van der Waals surface area contributed by atoms with Crippen LogP contribution in [0.15, 0.2) is 53.3 Å². The van der Waals surface area contributed by atoms with Crippen molar-refractivity contribution in [1.82, 2.24) is 30.4 Å².